The number of halogens is 3. The number of benzene rings is 1. The Morgan fingerprint density at radius 3 is 2.79 bits per heavy atom. The quantitative estimate of drug-likeness (QED) is 0.895. The van der Waals surface area contributed by atoms with Gasteiger partial charge in [-0.3, -0.25) is 4.79 Å². The van der Waals surface area contributed by atoms with Gasteiger partial charge < -0.3 is 15.0 Å². The fourth-order valence-electron chi connectivity index (χ4n) is 1.90. The number of rotatable bonds is 2. The van der Waals surface area contributed by atoms with Gasteiger partial charge >= 0.3 is 6.36 Å². The van der Waals surface area contributed by atoms with Crippen molar-refractivity contribution in [2.75, 3.05) is 24.5 Å². The van der Waals surface area contributed by atoms with E-state index in [1.54, 1.807) is 6.07 Å². The Balaban J connectivity index is 2.11. The minimum Gasteiger partial charge on any atom is -0.406 e. The lowest BCUT2D eigenvalue weighted by Crippen LogP contribution is -2.28. The van der Waals surface area contributed by atoms with Crippen LogP contribution in [0.5, 0.6) is 5.75 Å². The molecular formula is C12H13F3N2O2. The summed E-state index contributed by atoms with van der Waals surface area (Å²) in [6.07, 6.45) is -4.38. The molecule has 0 unspecified atom stereocenters. The number of hydrogen-bond donors (Lipinski definition) is 1. The van der Waals surface area contributed by atoms with Crippen molar-refractivity contribution in [2.45, 2.75) is 12.8 Å². The van der Waals surface area contributed by atoms with Crippen LogP contribution in [0.2, 0.25) is 0 Å². The molecule has 2 rings (SSSR count). The lowest BCUT2D eigenvalue weighted by molar-refractivity contribution is -0.274. The Hall–Kier alpha value is -1.92. The van der Waals surface area contributed by atoms with E-state index >= 15 is 0 Å². The lowest BCUT2D eigenvalue weighted by atomic mass is 10.2. The van der Waals surface area contributed by atoms with Gasteiger partial charge in [0.05, 0.1) is 0 Å². The topological polar surface area (TPSA) is 41.6 Å². The SMILES string of the molecule is O=C1CCN(c2cccc(OC(F)(F)F)c2)CCN1. The van der Waals surface area contributed by atoms with Crippen molar-refractivity contribution < 1.29 is 22.7 Å². The molecule has 1 aromatic carbocycles. The summed E-state index contributed by atoms with van der Waals surface area (Å²) in [6, 6.07) is 5.76. The fraction of sp³-hybridized carbons (Fsp3) is 0.417. The lowest BCUT2D eigenvalue weighted by Gasteiger charge is -2.22. The number of carbonyl (C=O) groups excluding carboxylic acids is 1. The van der Waals surface area contributed by atoms with Crippen molar-refractivity contribution in [1.29, 1.82) is 0 Å². The number of alkyl halides is 3. The van der Waals surface area contributed by atoms with Crippen LogP contribution in [0.3, 0.4) is 0 Å². The summed E-state index contributed by atoms with van der Waals surface area (Å²) in [7, 11) is 0. The van der Waals surface area contributed by atoms with Crippen LogP contribution in [0.4, 0.5) is 18.9 Å². The van der Waals surface area contributed by atoms with Crippen LogP contribution in [-0.4, -0.2) is 31.9 Å². The standard InChI is InChI=1S/C12H13F3N2O2/c13-12(14,15)19-10-3-1-2-9(8-10)17-6-4-11(18)16-5-7-17/h1-3,8H,4-7H2,(H,16,18). The van der Waals surface area contributed by atoms with Gasteiger partial charge in [-0.25, -0.2) is 0 Å². The van der Waals surface area contributed by atoms with Gasteiger partial charge in [0.2, 0.25) is 5.91 Å². The van der Waals surface area contributed by atoms with Crippen LogP contribution in [0.15, 0.2) is 24.3 Å². The third kappa shape index (κ3) is 4.04. The van der Waals surface area contributed by atoms with Crippen molar-refractivity contribution in [3.05, 3.63) is 24.3 Å². The highest BCUT2D eigenvalue weighted by Gasteiger charge is 2.31. The molecule has 1 N–H and O–H groups in total. The molecule has 0 aromatic heterocycles. The van der Waals surface area contributed by atoms with E-state index in [4.69, 9.17) is 0 Å². The second kappa shape index (κ2) is 5.38. The normalized spacial score (nSPS) is 16.8. The van der Waals surface area contributed by atoms with Gasteiger partial charge in [0.15, 0.2) is 0 Å². The number of anilines is 1. The van der Waals surface area contributed by atoms with E-state index in [-0.39, 0.29) is 11.7 Å². The maximum Gasteiger partial charge on any atom is 0.573 e. The molecular weight excluding hydrogens is 261 g/mol. The number of nitrogens with one attached hydrogen (secondary N) is 1. The Kier molecular flexibility index (Phi) is 3.82. The van der Waals surface area contributed by atoms with Crippen molar-refractivity contribution in [3.8, 4) is 5.75 Å². The molecule has 1 aliphatic heterocycles. The van der Waals surface area contributed by atoms with Crippen LogP contribution in [0, 0.1) is 0 Å². The molecule has 1 amide bonds. The molecule has 0 atom stereocenters. The molecule has 104 valence electrons. The predicted molar refractivity (Wildman–Crippen MR) is 63.0 cm³/mol. The molecule has 7 heteroatoms. The number of hydrogen-bond acceptors (Lipinski definition) is 3. The summed E-state index contributed by atoms with van der Waals surface area (Å²) < 4.78 is 40.3. The van der Waals surface area contributed by atoms with Gasteiger partial charge in [0, 0.05) is 37.8 Å². The number of ether oxygens (including phenoxy) is 1. The molecule has 1 aromatic rings. The second-order valence-corrected chi connectivity index (χ2v) is 4.13. The largest absolute Gasteiger partial charge is 0.573 e. The van der Waals surface area contributed by atoms with E-state index in [2.05, 4.69) is 10.1 Å². The first-order chi connectivity index (χ1) is 8.94. The van der Waals surface area contributed by atoms with Crippen molar-refractivity contribution in [1.82, 2.24) is 5.32 Å². The minimum atomic E-state index is -4.70. The van der Waals surface area contributed by atoms with Crippen LogP contribution < -0.4 is 15.0 Å². The number of carbonyl (C=O) groups is 1. The molecule has 1 aliphatic rings. The minimum absolute atomic E-state index is 0.0507. The van der Waals surface area contributed by atoms with Crippen molar-refractivity contribution in [2.24, 2.45) is 0 Å². The average Bonchev–Trinajstić information content (AvgIpc) is 2.52. The second-order valence-electron chi connectivity index (χ2n) is 4.13. The first-order valence-corrected chi connectivity index (χ1v) is 5.81. The van der Waals surface area contributed by atoms with E-state index in [0.29, 0.717) is 31.7 Å². The maximum atomic E-state index is 12.1. The van der Waals surface area contributed by atoms with Gasteiger partial charge in [-0.2, -0.15) is 0 Å². The highest BCUT2D eigenvalue weighted by Crippen LogP contribution is 2.27. The maximum absolute atomic E-state index is 12.1. The van der Waals surface area contributed by atoms with Gasteiger partial charge in [-0.15, -0.1) is 13.2 Å². The summed E-state index contributed by atoms with van der Waals surface area (Å²) in [5.74, 6) is -0.307. The fourth-order valence-corrected chi connectivity index (χ4v) is 1.90. The first kappa shape index (κ1) is 13.5. The third-order valence-corrected chi connectivity index (χ3v) is 2.73. The monoisotopic (exact) mass is 274 g/mol. The molecule has 0 spiro atoms. The zero-order valence-corrected chi connectivity index (χ0v) is 10.0. The summed E-state index contributed by atoms with van der Waals surface area (Å²) in [6.45, 7) is 1.51. The van der Waals surface area contributed by atoms with Gasteiger partial charge in [-0.1, -0.05) is 6.07 Å². The zero-order valence-electron chi connectivity index (χ0n) is 10.0. The molecule has 0 aliphatic carbocycles. The molecule has 0 bridgehead atoms. The van der Waals surface area contributed by atoms with Crippen LogP contribution >= 0.6 is 0 Å². The van der Waals surface area contributed by atoms with Crippen LogP contribution in [0.1, 0.15) is 6.42 Å². The Morgan fingerprint density at radius 1 is 1.26 bits per heavy atom. The van der Waals surface area contributed by atoms with Crippen LogP contribution in [-0.2, 0) is 4.79 Å². The highest BCUT2D eigenvalue weighted by atomic mass is 19.4. The molecule has 4 nitrogen and oxygen atoms in total. The first-order valence-electron chi connectivity index (χ1n) is 5.81. The molecule has 1 saturated heterocycles. The van der Waals surface area contributed by atoms with E-state index in [0.717, 1.165) is 0 Å². The third-order valence-electron chi connectivity index (χ3n) is 2.73. The summed E-state index contributed by atoms with van der Waals surface area (Å²) in [4.78, 5) is 13.1. The smallest absolute Gasteiger partial charge is 0.406 e. The Bertz CT molecular complexity index is 463. The molecule has 0 saturated carbocycles. The summed E-state index contributed by atoms with van der Waals surface area (Å²) in [5, 5.41) is 2.71. The summed E-state index contributed by atoms with van der Waals surface area (Å²) >= 11 is 0. The highest BCUT2D eigenvalue weighted by molar-refractivity contribution is 5.77. The molecule has 1 heterocycles. The Labute approximate surface area is 108 Å². The molecule has 19 heavy (non-hydrogen) atoms. The van der Waals surface area contributed by atoms with E-state index in [1.165, 1.54) is 18.2 Å². The van der Waals surface area contributed by atoms with E-state index in [1.807, 2.05) is 4.90 Å². The zero-order chi connectivity index (χ0) is 13.9. The molecule has 1 fully saturated rings. The van der Waals surface area contributed by atoms with E-state index < -0.39 is 6.36 Å². The van der Waals surface area contributed by atoms with Crippen molar-refractivity contribution in [3.63, 3.8) is 0 Å². The van der Waals surface area contributed by atoms with Crippen LogP contribution in [0.25, 0.3) is 0 Å². The van der Waals surface area contributed by atoms with Gasteiger partial charge in [-0.05, 0) is 12.1 Å². The predicted octanol–water partition coefficient (Wildman–Crippen LogP) is 1.91. The van der Waals surface area contributed by atoms with E-state index in [9.17, 15) is 18.0 Å². The Morgan fingerprint density at radius 2 is 2.05 bits per heavy atom. The number of nitrogens with zero attached hydrogens (tertiary/aromatic N) is 1. The van der Waals surface area contributed by atoms with Gasteiger partial charge in [0.25, 0.3) is 0 Å². The van der Waals surface area contributed by atoms with Crippen molar-refractivity contribution >= 4 is 11.6 Å². The van der Waals surface area contributed by atoms with Gasteiger partial charge in [0.1, 0.15) is 5.75 Å². The molecule has 0 radical (unpaired) electrons. The average molecular weight is 274 g/mol. The summed E-state index contributed by atoms with van der Waals surface area (Å²) in [5.41, 5.74) is 0.609. The number of amides is 1.